The van der Waals surface area contributed by atoms with Crippen molar-refractivity contribution in [1.82, 2.24) is 19.6 Å². The van der Waals surface area contributed by atoms with Gasteiger partial charge in [0.05, 0.1) is 38.6 Å². The number of carbonyl (C=O) groups is 1. The number of rotatable bonds is 5. The molecule has 0 unspecified atom stereocenters. The topological polar surface area (TPSA) is 108 Å². The molecular weight excluding hydrogens is 419 g/mol. The summed E-state index contributed by atoms with van der Waals surface area (Å²) in [5.41, 5.74) is 2.37. The molecule has 152 valence electrons. The van der Waals surface area contributed by atoms with Gasteiger partial charge < -0.3 is 5.32 Å². The fourth-order valence-electron chi connectivity index (χ4n) is 2.98. The van der Waals surface area contributed by atoms with Crippen LogP contribution in [0.4, 0.5) is 11.4 Å². The first-order valence-electron chi connectivity index (χ1n) is 8.57. The van der Waals surface area contributed by atoms with Crippen LogP contribution in [0.25, 0.3) is 0 Å². The van der Waals surface area contributed by atoms with Crippen LogP contribution in [0, 0.1) is 30.9 Å². The van der Waals surface area contributed by atoms with E-state index in [1.807, 2.05) is 6.07 Å². The van der Waals surface area contributed by atoms with E-state index >= 15 is 0 Å². The Bertz CT molecular complexity index is 1140. The number of halogens is 2. The summed E-state index contributed by atoms with van der Waals surface area (Å²) < 4.78 is 3.02. The largest absolute Gasteiger partial charge is 0.322 e. The molecule has 0 aliphatic heterocycles. The monoisotopic (exact) mass is 436 g/mol. The standard InChI is InChI=1S/C18H18Cl2N6O3/c1-9-15(21-18(27)16-17(26(28)29)11(3)24(4)23-16)10(2)25(22-9)8-12-5-6-13(19)14(20)7-12/h5-7H,8H2,1-4H3,(H,21,27). The van der Waals surface area contributed by atoms with Gasteiger partial charge in [0.2, 0.25) is 5.69 Å². The van der Waals surface area contributed by atoms with Crippen molar-refractivity contribution in [2.75, 3.05) is 5.32 Å². The maximum Gasteiger partial charge on any atom is 0.322 e. The van der Waals surface area contributed by atoms with Crippen molar-refractivity contribution >= 4 is 40.5 Å². The van der Waals surface area contributed by atoms with Gasteiger partial charge in [-0.15, -0.1) is 0 Å². The van der Waals surface area contributed by atoms with Gasteiger partial charge in [-0.2, -0.15) is 10.2 Å². The first-order chi connectivity index (χ1) is 13.6. The van der Waals surface area contributed by atoms with Gasteiger partial charge in [0.15, 0.2) is 0 Å². The number of nitrogens with zero attached hydrogens (tertiary/aromatic N) is 5. The van der Waals surface area contributed by atoms with Crippen LogP contribution in [-0.2, 0) is 13.6 Å². The minimum atomic E-state index is -0.666. The van der Waals surface area contributed by atoms with Crippen molar-refractivity contribution in [3.8, 4) is 0 Å². The fourth-order valence-corrected chi connectivity index (χ4v) is 3.30. The van der Waals surface area contributed by atoms with E-state index in [2.05, 4.69) is 15.5 Å². The zero-order chi connectivity index (χ0) is 21.5. The number of carbonyl (C=O) groups excluding carboxylic acids is 1. The zero-order valence-corrected chi connectivity index (χ0v) is 17.7. The number of nitrogens with one attached hydrogen (secondary N) is 1. The molecule has 0 bridgehead atoms. The molecule has 29 heavy (non-hydrogen) atoms. The SMILES string of the molecule is Cc1nn(Cc2ccc(Cl)c(Cl)c2)c(C)c1NC(=O)c1nn(C)c(C)c1[N+](=O)[O-]. The second kappa shape index (κ2) is 7.84. The molecule has 0 atom stereocenters. The van der Waals surface area contributed by atoms with Crippen LogP contribution in [0.15, 0.2) is 18.2 Å². The smallest absolute Gasteiger partial charge is 0.317 e. The predicted octanol–water partition coefficient (Wildman–Crippen LogP) is 4.06. The second-order valence-electron chi connectivity index (χ2n) is 6.57. The van der Waals surface area contributed by atoms with E-state index in [4.69, 9.17) is 23.2 Å². The van der Waals surface area contributed by atoms with Crippen molar-refractivity contribution in [2.24, 2.45) is 7.05 Å². The summed E-state index contributed by atoms with van der Waals surface area (Å²) in [4.78, 5) is 23.4. The van der Waals surface area contributed by atoms with Gasteiger partial charge in [0.25, 0.3) is 5.91 Å². The van der Waals surface area contributed by atoms with E-state index in [1.165, 1.54) is 11.6 Å². The van der Waals surface area contributed by atoms with Crippen LogP contribution in [-0.4, -0.2) is 30.4 Å². The molecule has 0 fully saturated rings. The van der Waals surface area contributed by atoms with Crippen molar-refractivity contribution < 1.29 is 9.72 Å². The second-order valence-corrected chi connectivity index (χ2v) is 7.38. The van der Waals surface area contributed by atoms with Crippen LogP contribution in [0.3, 0.4) is 0 Å². The van der Waals surface area contributed by atoms with Crippen LogP contribution in [0.2, 0.25) is 10.0 Å². The van der Waals surface area contributed by atoms with Crippen LogP contribution >= 0.6 is 23.2 Å². The minimum Gasteiger partial charge on any atom is -0.317 e. The van der Waals surface area contributed by atoms with E-state index in [0.717, 1.165) is 5.56 Å². The normalized spacial score (nSPS) is 11.0. The van der Waals surface area contributed by atoms with Gasteiger partial charge in [-0.05, 0) is 38.5 Å². The summed E-state index contributed by atoms with van der Waals surface area (Å²) in [7, 11) is 1.55. The Morgan fingerprint density at radius 2 is 1.86 bits per heavy atom. The van der Waals surface area contributed by atoms with Crippen LogP contribution < -0.4 is 5.32 Å². The van der Waals surface area contributed by atoms with Gasteiger partial charge in [-0.25, -0.2) is 0 Å². The molecule has 0 radical (unpaired) electrons. The third-order valence-electron chi connectivity index (χ3n) is 4.64. The molecule has 3 aromatic rings. The molecule has 9 nitrogen and oxygen atoms in total. The summed E-state index contributed by atoms with van der Waals surface area (Å²) in [5.74, 6) is -0.666. The molecular formula is C18H18Cl2N6O3. The molecule has 0 aliphatic rings. The highest BCUT2D eigenvalue weighted by Gasteiger charge is 2.30. The number of anilines is 1. The summed E-state index contributed by atoms with van der Waals surface area (Å²) >= 11 is 12.0. The van der Waals surface area contributed by atoms with Gasteiger partial charge in [-0.3, -0.25) is 24.3 Å². The van der Waals surface area contributed by atoms with Gasteiger partial charge in [-0.1, -0.05) is 29.3 Å². The highest BCUT2D eigenvalue weighted by Crippen LogP contribution is 2.27. The maximum atomic E-state index is 12.7. The Balaban J connectivity index is 1.89. The van der Waals surface area contributed by atoms with E-state index in [-0.39, 0.29) is 11.4 Å². The highest BCUT2D eigenvalue weighted by molar-refractivity contribution is 6.42. The number of nitro groups is 1. The molecule has 0 spiro atoms. The average molecular weight is 437 g/mol. The first kappa shape index (κ1) is 20.8. The highest BCUT2D eigenvalue weighted by atomic mass is 35.5. The summed E-state index contributed by atoms with van der Waals surface area (Å²) in [6, 6.07) is 5.29. The summed E-state index contributed by atoms with van der Waals surface area (Å²) in [6.45, 7) is 5.49. The van der Waals surface area contributed by atoms with E-state index < -0.39 is 10.8 Å². The molecule has 2 heterocycles. The predicted molar refractivity (Wildman–Crippen MR) is 110 cm³/mol. The first-order valence-corrected chi connectivity index (χ1v) is 9.33. The molecule has 1 amide bonds. The van der Waals surface area contributed by atoms with Gasteiger partial charge in [0, 0.05) is 7.05 Å². The third-order valence-corrected chi connectivity index (χ3v) is 5.38. The zero-order valence-electron chi connectivity index (χ0n) is 16.2. The maximum absolute atomic E-state index is 12.7. The Labute approximate surface area is 176 Å². The Morgan fingerprint density at radius 3 is 2.48 bits per heavy atom. The van der Waals surface area contributed by atoms with E-state index in [9.17, 15) is 14.9 Å². The number of aryl methyl sites for hydroxylation is 2. The third kappa shape index (κ3) is 3.96. The fraction of sp³-hybridized carbons (Fsp3) is 0.278. The Hall–Kier alpha value is -2.91. The minimum absolute atomic E-state index is 0.244. The number of aromatic nitrogens is 4. The Kier molecular flexibility index (Phi) is 5.63. The Morgan fingerprint density at radius 1 is 1.17 bits per heavy atom. The number of amides is 1. The quantitative estimate of drug-likeness (QED) is 0.479. The molecule has 0 aliphatic carbocycles. The summed E-state index contributed by atoms with van der Waals surface area (Å²) in [6.07, 6.45) is 0. The van der Waals surface area contributed by atoms with E-state index in [0.29, 0.717) is 39.4 Å². The number of benzene rings is 1. The van der Waals surface area contributed by atoms with E-state index in [1.54, 1.807) is 37.7 Å². The molecule has 1 N–H and O–H groups in total. The van der Waals surface area contributed by atoms with Gasteiger partial charge >= 0.3 is 5.69 Å². The lowest BCUT2D eigenvalue weighted by Gasteiger charge is -2.07. The molecule has 0 saturated heterocycles. The summed E-state index contributed by atoms with van der Waals surface area (Å²) in [5, 5.41) is 23.4. The lowest BCUT2D eigenvalue weighted by Crippen LogP contribution is -2.16. The lowest BCUT2D eigenvalue weighted by molar-refractivity contribution is -0.385. The van der Waals surface area contributed by atoms with Crippen LogP contribution in [0.1, 0.15) is 33.1 Å². The lowest BCUT2D eigenvalue weighted by atomic mass is 10.2. The van der Waals surface area contributed by atoms with Crippen molar-refractivity contribution in [1.29, 1.82) is 0 Å². The van der Waals surface area contributed by atoms with Crippen molar-refractivity contribution in [3.63, 3.8) is 0 Å². The molecule has 2 aromatic heterocycles. The number of hydrogen-bond donors (Lipinski definition) is 1. The molecule has 3 rings (SSSR count). The molecule has 11 heteroatoms. The van der Waals surface area contributed by atoms with Crippen LogP contribution in [0.5, 0.6) is 0 Å². The van der Waals surface area contributed by atoms with Gasteiger partial charge in [0.1, 0.15) is 5.69 Å². The van der Waals surface area contributed by atoms with Crippen molar-refractivity contribution in [2.45, 2.75) is 27.3 Å². The molecule has 0 saturated carbocycles. The van der Waals surface area contributed by atoms with Crippen molar-refractivity contribution in [3.05, 3.63) is 66.7 Å². The average Bonchev–Trinajstić information content (AvgIpc) is 3.09. The number of hydrogen-bond acceptors (Lipinski definition) is 5. The molecule has 1 aromatic carbocycles.